The average Bonchev–Trinajstić information content (AvgIpc) is 3.06. The van der Waals surface area contributed by atoms with Crippen molar-refractivity contribution in [2.45, 2.75) is 19.9 Å². The Balaban J connectivity index is 1.59. The zero-order valence-corrected chi connectivity index (χ0v) is 15.8. The number of carbonyl (C=O) groups is 2. The Morgan fingerprint density at radius 2 is 1.96 bits per heavy atom. The molecule has 1 atom stereocenters. The number of pyridine rings is 1. The molecule has 1 aliphatic rings. The molecule has 6 nitrogen and oxygen atoms in total. The highest BCUT2D eigenvalue weighted by atomic mass is 35.5. The third kappa shape index (κ3) is 3.17. The number of aromatic nitrogens is 2. The zero-order chi connectivity index (χ0) is 19.1. The molecular formula is C20H19ClN4O2. The van der Waals surface area contributed by atoms with Gasteiger partial charge >= 0.3 is 0 Å². The molecule has 4 rings (SSSR count). The molecule has 0 spiro atoms. The number of hydrogen-bond donors (Lipinski definition) is 0. The predicted molar refractivity (Wildman–Crippen MR) is 104 cm³/mol. The standard InChI is InChI=1S/C20H19ClN4O2/c1-13-5-3-4-6-17(13)25-9-14(2)24(12-19(25)26)20(27)16-11-23-10-15(21)7-8-18(23)22-16/h3-8,10-11,14H,9,12H2,1-2H3. The van der Waals surface area contributed by atoms with E-state index in [2.05, 4.69) is 4.98 Å². The maximum atomic E-state index is 13.0. The minimum Gasteiger partial charge on any atom is -0.323 e. The van der Waals surface area contributed by atoms with Gasteiger partial charge in [0.05, 0.1) is 5.02 Å². The van der Waals surface area contributed by atoms with Crippen molar-refractivity contribution in [3.63, 3.8) is 0 Å². The van der Waals surface area contributed by atoms with Gasteiger partial charge in [-0.15, -0.1) is 0 Å². The molecule has 0 N–H and O–H groups in total. The number of hydrogen-bond acceptors (Lipinski definition) is 3. The number of aryl methyl sites for hydroxylation is 1. The van der Waals surface area contributed by atoms with Gasteiger partial charge in [-0.25, -0.2) is 4.98 Å². The van der Waals surface area contributed by atoms with Crippen LogP contribution in [0.1, 0.15) is 23.0 Å². The molecule has 1 aromatic carbocycles. The number of carbonyl (C=O) groups excluding carboxylic acids is 2. The SMILES string of the molecule is Cc1ccccc1N1CC(C)N(C(=O)c2cn3cc(Cl)ccc3n2)CC1=O. The van der Waals surface area contributed by atoms with E-state index in [1.165, 1.54) is 0 Å². The second kappa shape index (κ2) is 6.70. The molecule has 3 heterocycles. The van der Waals surface area contributed by atoms with Crippen LogP contribution in [0, 0.1) is 6.92 Å². The van der Waals surface area contributed by atoms with Crippen LogP contribution < -0.4 is 4.90 Å². The second-order valence-electron chi connectivity index (χ2n) is 6.81. The topological polar surface area (TPSA) is 57.9 Å². The summed E-state index contributed by atoms with van der Waals surface area (Å²) in [6.07, 6.45) is 3.35. The molecular weight excluding hydrogens is 364 g/mol. The fraction of sp³-hybridized carbons (Fsp3) is 0.250. The van der Waals surface area contributed by atoms with Crippen LogP contribution in [0.15, 0.2) is 48.8 Å². The molecule has 0 saturated carbocycles. The van der Waals surface area contributed by atoms with Gasteiger partial charge in [0.1, 0.15) is 17.9 Å². The van der Waals surface area contributed by atoms with Crippen LogP contribution in [0.25, 0.3) is 5.65 Å². The summed E-state index contributed by atoms with van der Waals surface area (Å²) in [6.45, 7) is 4.41. The lowest BCUT2D eigenvalue weighted by atomic mass is 10.1. The van der Waals surface area contributed by atoms with Crippen molar-refractivity contribution in [1.82, 2.24) is 14.3 Å². The van der Waals surface area contributed by atoms with Gasteiger partial charge in [0.25, 0.3) is 5.91 Å². The van der Waals surface area contributed by atoms with E-state index in [4.69, 9.17) is 11.6 Å². The highest BCUT2D eigenvalue weighted by molar-refractivity contribution is 6.30. The van der Waals surface area contributed by atoms with Gasteiger partial charge in [-0.1, -0.05) is 29.8 Å². The van der Waals surface area contributed by atoms with Crippen molar-refractivity contribution in [1.29, 1.82) is 0 Å². The molecule has 0 bridgehead atoms. The number of amides is 2. The minimum atomic E-state index is -0.250. The number of nitrogens with zero attached hydrogens (tertiary/aromatic N) is 4. The normalized spacial score (nSPS) is 17.6. The highest BCUT2D eigenvalue weighted by Crippen LogP contribution is 2.24. The number of halogens is 1. The summed E-state index contributed by atoms with van der Waals surface area (Å²) in [5.41, 5.74) is 2.88. The van der Waals surface area contributed by atoms with Crippen LogP contribution in [0.4, 0.5) is 5.69 Å². The second-order valence-corrected chi connectivity index (χ2v) is 7.25. The van der Waals surface area contributed by atoms with Crippen molar-refractivity contribution >= 4 is 34.7 Å². The van der Waals surface area contributed by atoms with Gasteiger partial charge in [-0.05, 0) is 37.6 Å². The summed E-state index contributed by atoms with van der Waals surface area (Å²) in [6, 6.07) is 11.1. The van der Waals surface area contributed by atoms with Crippen molar-refractivity contribution in [2.75, 3.05) is 18.0 Å². The summed E-state index contributed by atoms with van der Waals surface area (Å²) in [5.74, 6) is -0.345. The first-order chi connectivity index (χ1) is 12.9. The molecule has 1 unspecified atom stereocenters. The van der Waals surface area contributed by atoms with Crippen LogP contribution in [0.5, 0.6) is 0 Å². The van der Waals surface area contributed by atoms with Crippen molar-refractivity contribution in [2.24, 2.45) is 0 Å². The van der Waals surface area contributed by atoms with Gasteiger partial charge in [0.15, 0.2) is 0 Å². The quantitative estimate of drug-likeness (QED) is 0.684. The molecule has 3 aromatic rings. The number of fused-ring (bicyclic) bond motifs is 1. The van der Waals surface area contributed by atoms with E-state index in [-0.39, 0.29) is 24.4 Å². The Morgan fingerprint density at radius 1 is 1.19 bits per heavy atom. The summed E-state index contributed by atoms with van der Waals surface area (Å²) < 4.78 is 1.71. The molecule has 7 heteroatoms. The fourth-order valence-corrected chi connectivity index (χ4v) is 3.61. The van der Waals surface area contributed by atoms with E-state index in [9.17, 15) is 9.59 Å². The lowest BCUT2D eigenvalue weighted by Crippen LogP contribution is -2.57. The van der Waals surface area contributed by atoms with Gasteiger partial charge in [0, 0.05) is 30.7 Å². The maximum absolute atomic E-state index is 13.0. The maximum Gasteiger partial charge on any atom is 0.274 e. The molecule has 0 aliphatic carbocycles. The van der Waals surface area contributed by atoms with Crippen LogP contribution in [-0.2, 0) is 4.79 Å². The summed E-state index contributed by atoms with van der Waals surface area (Å²) in [4.78, 5) is 33.4. The molecule has 27 heavy (non-hydrogen) atoms. The van der Waals surface area contributed by atoms with Crippen molar-refractivity contribution < 1.29 is 9.59 Å². The molecule has 2 aromatic heterocycles. The van der Waals surface area contributed by atoms with E-state index in [1.54, 1.807) is 38.7 Å². The van der Waals surface area contributed by atoms with Gasteiger partial charge in [-0.3, -0.25) is 9.59 Å². The van der Waals surface area contributed by atoms with E-state index >= 15 is 0 Å². The highest BCUT2D eigenvalue weighted by Gasteiger charge is 2.34. The average molecular weight is 383 g/mol. The van der Waals surface area contributed by atoms with Crippen LogP contribution in [0.2, 0.25) is 5.02 Å². The number of rotatable bonds is 2. The molecule has 2 amide bonds. The summed E-state index contributed by atoms with van der Waals surface area (Å²) in [5, 5.41) is 0.564. The Kier molecular flexibility index (Phi) is 4.36. The molecule has 1 saturated heterocycles. The van der Waals surface area contributed by atoms with Crippen molar-refractivity contribution in [3.8, 4) is 0 Å². The lowest BCUT2D eigenvalue weighted by molar-refractivity contribution is -0.121. The van der Waals surface area contributed by atoms with Gasteiger partial charge in [-0.2, -0.15) is 0 Å². The fourth-order valence-electron chi connectivity index (χ4n) is 3.44. The number of anilines is 1. The Labute approximate surface area is 162 Å². The number of benzene rings is 1. The molecule has 1 aliphatic heterocycles. The molecule has 0 radical (unpaired) electrons. The van der Waals surface area contributed by atoms with E-state index < -0.39 is 0 Å². The Morgan fingerprint density at radius 3 is 2.74 bits per heavy atom. The zero-order valence-electron chi connectivity index (χ0n) is 15.1. The Bertz CT molecular complexity index is 1050. The van der Waals surface area contributed by atoms with Crippen LogP contribution in [-0.4, -0.2) is 45.2 Å². The third-order valence-corrected chi connectivity index (χ3v) is 5.11. The number of piperazine rings is 1. The number of para-hydroxylation sites is 1. The van der Waals surface area contributed by atoms with Crippen LogP contribution >= 0.6 is 11.6 Å². The first kappa shape index (κ1) is 17.5. The first-order valence-corrected chi connectivity index (χ1v) is 9.13. The van der Waals surface area contributed by atoms with Gasteiger partial charge < -0.3 is 14.2 Å². The lowest BCUT2D eigenvalue weighted by Gasteiger charge is -2.39. The predicted octanol–water partition coefficient (Wildman–Crippen LogP) is 3.17. The molecule has 138 valence electrons. The smallest absolute Gasteiger partial charge is 0.274 e. The molecule has 1 fully saturated rings. The van der Waals surface area contributed by atoms with Crippen molar-refractivity contribution in [3.05, 3.63) is 65.1 Å². The van der Waals surface area contributed by atoms with Gasteiger partial charge in [0.2, 0.25) is 5.91 Å². The van der Waals surface area contributed by atoms with E-state index in [1.807, 2.05) is 38.1 Å². The summed E-state index contributed by atoms with van der Waals surface area (Å²) >= 11 is 5.99. The number of imidazole rings is 1. The Hall–Kier alpha value is -2.86. The third-order valence-electron chi connectivity index (χ3n) is 4.89. The first-order valence-electron chi connectivity index (χ1n) is 8.75. The monoisotopic (exact) mass is 382 g/mol. The van der Waals surface area contributed by atoms with Crippen LogP contribution in [0.3, 0.4) is 0 Å². The minimum absolute atomic E-state index is 0.0307. The largest absolute Gasteiger partial charge is 0.323 e. The van der Waals surface area contributed by atoms with E-state index in [0.717, 1.165) is 11.3 Å². The van der Waals surface area contributed by atoms with E-state index in [0.29, 0.717) is 22.9 Å². The summed E-state index contributed by atoms with van der Waals surface area (Å²) in [7, 11) is 0.